The van der Waals surface area contributed by atoms with Crippen molar-refractivity contribution in [3.05, 3.63) is 33.8 Å². The van der Waals surface area contributed by atoms with Gasteiger partial charge < -0.3 is 5.32 Å². The fourth-order valence-corrected chi connectivity index (χ4v) is 2.60. The second-order valence-electron chi connectivity index (χ2n) is 4.42. The fourth-order valence-electron chi connectivity index (χ4n) is 1.82. The first kappa shape index (κ1) is 15.5. The first-order valence-corrected chi connectivity index (χ1v) is 7.51. The Bertz CT molecular complexity index is 409. The number of halogens is 2. The highest BCUT2D eigenvalue weighted by molar-refractivity contribution is 9.10. The molecule has 4 heteroatoms. The minimum absolute atomic E-state index is 0.00646. The van der Waals surface area contributed by atoms with Crippen LogP contribution in [0, 0.1) is 12.8 Å². The molecule has 1 unspecified atom stereocenters. The number of carbonyl (C=O) groups is 1. The molecule has 0 fully saturated rings. The summed E-state index contributed by atoms with van der Waals surface area (Å²) >= 11 is 9.13. The molecule has 0 aromatic heterocycles. The molecule has 100 valence electrons. The van der Waals surface area contributed by atoms with Crippen molar-refractivity contribution in [3.63, 3.8) is 0 Å². The van der Waals surface area contributed by atoms with Crippen molar-refractivity contribution in [3.8, 4) is 0 Å². The van der Waals surface area contributed by atoms with Crippen LogP contribution in [0.25, 0.3) is 0 Å². The molecule has 0 aliphatic rings. The van der Waals surface area contributed by atoms with E-state index in [4.69, 9.17) is 11.6 Å². The van der Waals surface area contributed by atoms with E-state index in [1.807, 2.05) is 25.1 Å². The number of carbonyl (C=O) groups excluding carboxylic acids is 1. The minimum atomic E-state index is -0.00646. The number of amides is 1. The van der Waals surface area contributed by atoms with Crippen molar-refractivity contribution < 1.29 is 4.79 Å². The molecule has 0 saturated carbocycles. The normalized spacial score (nSPS) is 12.2. The average Bonchev–Trinajstić information content (AvgIpc) is 2.34. The van der Waals surface area contributed by atoms with Gasteiger partial charge in [0, 0.05) is 22.5 Å². The van der Waals surface area contributed by atoms with Crippen LogP contribution >= 0.6 is 27.5 Å². The van der Waals surface area contributed by atoms with E-state index in [0.29, 0.717) is 18.3 Å². The van der Waals surface area contributed by atoms with Gasteiger partial charge >= 0.3 is 0 Å². The molecule has 0 spiro atoms. The van der Waals surface area contributed by atoms with Crippen molar-refractivity contribution >= 4 is 33.4 Å². The Hall–Kier alpha value is -0.540. The third-order valence-corrected chi connectivity index (χ3v) is 3.79. The summed E-state index contributed by atoms with van der Waals surface area (Å²) in [4.78, 5) is 12.0. The maximum atomic E-state index is 12.0. The van der Waals surface area contributed by atoms with Gasteiger partial charge in [-0.15, -0.1) is 11.6 Å². The van der Waals surface area contributed by atoms with Gasteiger partial charge in [-0.05, 0) is 43.0 Å². The zero-order chi connectivity index (χ0) is 13.5. The van der Waals surface area contributed by atoms with Crippen molar-refractivity contribution in [2.24, 2.45) is 5.92 Å². The smallest absolute Gasteiger partial charge is 0.251 e. The molecule has 0 radical (unpaired) electrons. The second kappa shape index (κ2) is 7.80. The molecular weight excluding hydrogens is 314 g/mol. The number of hydrogen-bond donors (Lipinski definition) is 1. The molecule has 2 nitrogen and oxygen atoms in total. The lowest BCUT2D eigenvalue weighted by Crippen LogP contribution is -2.29. The maximum Gasteiger partial charge on any atom is 0.251 e. The number of rotatable bonds is 6. The van der Waals surface area contributed by atoms with Crippen molar-refractivity contribution in [2.45, 2.75) is 26.7 Å². The predicted molar refractivity (Wildman–Crippen MR) is 80.3 cm³/mol. The van der Waals surface area contributed by atoms with Gasteiger partial charge in [-0.3, -0.25) is 4.79 Å². The Balaban J connectivity index is 2.59. The Morgan fingerprint density at radius 1 is 1.50 bits per heavy atom. The molecular formula is C14H19BrClNO. The molecule has 1 aromatic carbocycles. The van der Waals surface area contributed by atoms with Crippen LogP contribution in [0.3, 0.4) is 0 Å². The Morgan fingerprint density at radius 2 is 2.22 bits per heavy atom. The molecule has 18 heavy (non-hydrogen) atoms. The lowest BCUT2D eigenvalue weighted by Gasteiger charge is -2.15. The Morgan fingerprint density at radius 3 is 2.78 bits per heavy atom. The van der Waals surface area contributed by atoms with E-state index in [1.54, 1.807) is 0 Å². The zero-order valence-corrected chi connectivity index (χ0v) is 13.1. The predicted octanol–water partition coefficient (Wildman–Crippen LogP) is 4.14. The van der Waals surface area contributed by atoms with Crippen LogP contribution in [0.2, 0.25) is 0 Å². The van der Waals surface area contributed by atoms with Crippen molar-refractivity contribution in [1.82, 2.24) is 5.32 Å². The lowest BCUT2D eigenvalue weighted by molar-refractivity contribution is 0.0946. The molecule has 0 saturated heterocycles. The second-order valence-corrected chi connectivity index (χ2v) is 5.71. The molecule has 1 N–H and O–H groups in total. The molecule has 0 bridgehead atoms. The molecule has 1 rings (SSSR count). The van der Waals surface area contributed by atoms with Crippen LogP contribution < -0.4 is 5.32 Å². The summed E-state index contributed by atoms with van der Waals surface area (Å²) in [5.74, 6) is 1.10. The standard InChI is InChI=1S/C14H19BrClNO/c1-3-11(6-7-16)9-17-14(18)13-5-4-12(15)8-10(13)2/h4-5,8,11H,3,6-7,9H2,1-2H3,(H,17,18). The highest BCUT2D eigenvalue weighted by Crippen LogP contribution is 2.16. The summed E-state index contributed by atoms with van der Waals surface area (Å²) in [6.07, 6.45) is 1.98. The van der Waals surface area contributed by atoms with Gasteiger partial charge in [-0.25, -0.2) is 0 Å². The highest BCUT2D eigenvalue weighted by Gasteiger charge is 2.11. The topological polar surface area (TPSA) is 29.1 Å². The SMILES string of the molecule is CCC(CCCl)CNC(=O)c1ccc(Br)cc1C. The summed E-state index contributed by atoms with van der Waals surface area (Å²) in [5, 5.41) is 2.98. The van der Waals surface area contributed by atoms with Gasteiger partial charge in [0.1, 0.15) is 0 Å². The summed E-state index contributed by atoms with van der Waals surface area (Å²) in [6.45, 7) is 4.75. The van der Waals surface area contributed by atoms with Crippen LogP contribution in [0.15, 0.2) is 22.7 Å². The van der Waals surface area contributed by atoms with Gasteiger partial charge in [0.15, 0.2) is 0 Å². The monoisotopic (exact) mass is 331 g/mol. The van der Waals surface area contributed by atoms with E-state index in [0.717, 1.165) is 28.4 Å². The Labute approximate surface area is 122 Å². The summed E-state index contributed by atoms with van der Waals surface area (Å²) in [6, 6.07) is 5.68. The summed E-state index contributed by atoms with van der Waals surface area (Å²) in [7, 11) is 0. The number of benzene rings is 1. The van der Waals surface area contributed by atoms with Crippen LogP contribution in [0.1, 0.15) is 35.7 Å². The van der Waals surface area contributed by atoms with Crippen molar-refractivity contribution in [1.29, 1.82) is 0 Å². The summed E-state index contributed by atoms with van der Waals surface area (Å²) in [5.41, 5.74) is 1.71. The van der Waals surface area contributed by atoms with E-state index in [1.165, 1.54) is 0 Å². The molecule has 0 aliphatic heterocycles. The van der Waals surface area contributed by atoms with E-state index < -0.39 is 0 Å². The average molecular weight is 333 g/mol. The lowest BCUT2D eigenvalue weighted by atomic mass is 10.0. The van der Waals surface area contributed by atoms with Crippen LogP contribution in [-0.2, 0) is 0 Å². The van der Waals surface area contributed by atoms with Gasteiger partial charge in [0.05, 0.1) is 0 Å². The van der Waals surface area contributed by atoms with E-state index in [9.17, 15) is 4.79 Å². The molecule has 1 aromatic rings. The Kier molecular flexibility index (Phi) is 6.72. The fraction of sp³-hybridized carbons (Fsp3) is 0.500. The maximum absolute atomic E-state index is 12.0. The highest BCUT2D eigenvalue weighted by atomic mass is 79.9. The minimum Gasteiger partial charge on any atom is -0.352 e. The third kappa shape index (κ3) is 4.62. The van der Waals surface area contributed by atoms with Gasteiger partial charge in [0.25, 0.3) is 5.91 Å². The first-order chi connectivity index (χ1) is 8.58. The number of hydrogen-bond acceptors (Lipinski definition) is 1. The van der Waals surface area contributed by atoms with Crippen LogP contribution in [-0.4, -0.2) is 18.3 Å². The van der Waals surface area contributed by atoms with Crippen LogP contribution in [0.4, 0.5) is 0 Å². The van der Waals surface area contributed by atoms with Gasteiger partial charge in [-0.2, -0.15) is 0 Å². The van der Waals surface area contributed by atoms with E-state index in [-0.39, 0.29) is 5.91 Å². The largest absolute Gasteiger partial charge is 0.352 e. The third-order valence-electron chi connectivity index (χ3n) is 3.08. The molecule has 0 heterocycles. The number of aryl methyl sites for hydroxylation is 1. The zero-order valence-electron chi connectivity index (χ0n) is 10.8. The van der Waals surface area contributed by atoms with Gasteiger partial charge in [-0.1, -0.05) is 29.3 Å². The number of nitrogens with one attached hydrogen (secondary N) is 1. The van der Waals surface area contributed by atoms with Crippen LogP contribution in [0.5, 0.6) is 0 Å². The van der Waals surface area contributed by atoms with Gasteiger partial charge in [0.2, 0.25) is 0 Å². The quantitative estimate of drug-likeness (QED) is 0.779. The molecule has 0 aliphatic carbocycles. The first-order valence-electron chi connectivity index (χ1n) is 6.18. The molecule has 1 atom stereocenters. The van der Waals surface area contributed by atoms with E-state index >= 15 is 0 Å². The number of alkyl halides is 1. The van der Waals surface area contributed by atoms with E-state index in [2.05, 4.69) is 28.2 Å². The van der Waals surface area contributed by atoms with Crippen molar-refractivity contribution in [2.75, 3.05) is 12.4 Å². The molecule has 1 amide bonds. The summed E-state index contributed by atoms with van der Waals surface area (Å²) < 4.78 is 0.991.